The Balaban J connectivity index is 1.75. The van der Waals surface area contributed by atoms with Crippen LogP contribution in [0.3, 0.4) is 0 Å². The Bertz CT molecular complexity index is 613. The molecule has 0 bridgehead atoms. The lowest BCUT2D eigenvalue weighted by Crippen LogP contribution is -2.33. The predicted molar refractivity (Wildman–Crippen MR) is 87.4 cm³/mol. The van der Waals surface area contributed by atoms with Crippen LogP contribution in [0.1, 0.15) is 25.2 Å². The third-order valence-corrected chi connectivity index (χ3v) is 3.38. The second kappa shape index (κ2) is 8.36. The second-order valence-corrected chi connectivity index (χ2v) is 5.32. The van der Waals surface area contributed by atoms with Crippen LogP contribution in [0.25, 0.3) is 0 Å². The van der Waals surface area contributed by atoms with Crippen molar-refractivity contribution >= 4 is 11.6 Å². The van der Waals surface area contributed by atoms with E-state index >= 15 is 0 Å². The number of hydrogen-bond acceptors (Lipinski definition) is 5. The number of aliphatic hydroxyl groups is 1. The average Bonchev–Trinajstić information content (AvgIpc) is 3.07. The van der Waals surface area contributed by atoms with E-state index in [0.717, 1.165) is 0 Å². The van der Waals surface area contributed by atoms with Gasteiger partial charge in [0.05, 0.1) is 13.4 Å². The highest BCUT2D eigenvalue weighted by Gasteiger charge is 2.14. The maximum absolute atomic E-state index is 12.0. The lowest BCUT2D eigenvalue weighted by molar-refractivity contribution is -0.116. The average molecular weight is 318 g/mol. The third-order valence-electron chi connectivity index (χ3n) is 3.38. The molecule has 0 fully saturated rings. The van der Waals surface area contributed by atoms with Crippen LogP contribution in [0.4, 0.5) is 5.69 Å². The van der Waals surface area contributed by atoms with E-state index in [-0.39, 0.29) is 11.9 Å². The van der Waals surface area contributed by atoms with Gasteiger partial charge in [-0.05, 0) is 31.2 Å². The normalized spacial score (nSPS) is 13.3. The first-order valence-electron chi connectivity index (χ1n) is 7.47. The highest BCUT2D eigenvalue weighted by Crippen LogP contribution is 2.17. The SMILES string of the molecule is COc1cccc(NC(=O)CC(C)NCC(O)c2ccco2)c1. The van der Waals surface area contributed by atoms with E-state index in [4.69, 9.17) is 9.15 Å². The molecule has 6 heteroatoms. The lowest BCUT2D eigenvalue weighted by atomic mass is 10.2. The number of amides is 1. The van der Waals surface area contributed by atoms with E-state index in [1.165, 1.54) is 6.26 Å². The zero-order valence-electron chi connectivity index (χ0n) is 13.3. The summed E-state index contributed by atoms with van der Waals surface area (Å²) < 4.78 is 10.2. The number of carbonyl (C=O) groups is 1. The molecule has 6 nitrogen and oxygen atoms in total. The number of nitrogens with one attached hydrogen (secondary N) is 2. The zero-order valence-corrected chi connectivity index (χ0v) is 13.3. The molecule has 2 rings (SSSR count). The molecule has 0 radical (unpaired) electrons. The number of methoxy groups -OCH3 is 1. The first-order valence-corrected chi connectivity index (χ1v) is 7.47. The summed E-state index contributed by atoms with van der Waals surface area (Å²) in [6.07, 6.45) is 1.08. The van der Waals surface area contributed by atoms with Gasteiger partial charge in [-0.1, -0.05) is 6.07 Å². The summed E-state index contributed by atoms with van der Waals surface area (Å²) in [4.78, 5) is 12.0. The van der Waals surface area contributed by atoms with Crippen molar-refractivity contribution in [2.24, 2.45) is 0 Å². The van der Waals surface area contributed by atoms with Gasteiger partial charge in [0, 0.05) is 30.8 Å². The number of rotatable bonds is 8. The van der Waals surface area contributed by atoms with Crippen molar-refractivity contribution in [1.29, 1.82) is 0 Å². The standard InChI is InChI=1S/C17H22N2O4/c1-12(18-11-15(20)16-7-4-8-23-16)9-17(21)19-13-5-3-6-14(10-13)22-2/h3-8,10,12,15,18,20H,9,11H2,1-2H3,(H,19,21). The van der Waals surface area contributed by atoms with Gasteiger partial charge in [0.2, 0.25) is 5.91 Å². The molecular weight excluding hydrogens is 296 g/mol. The molecule has 0 aliphatic carbocycles. The summed E-state index contributed by atoms with van der Waals surface area (Å²) in [5.41, 5.74) is 0.692. The van der Waals surface area contributed by atoms with Gasteiger partial charge >= 0.3 is 0 Å². The molecule has 0 aliphatic heterocycles. The van der Waals surface area contributed by atoms with Gasteiger partial charge in [0.15, 0.2) is 0 Å². The van der Waals surface area contributed by atoms with E-state index in [0.29, 0.717) is 30.2 Å². The third kappa shape index (κ3) is 5.43. The monoisotopic (exact) mass is 318 g/mol. The maximum Gasteiger partial charge on any atom is 0.225 e. The molecule has 3 N–H and O–H groups in total. The minimum atomic E-state index is -0.728. The van der Waals surface area contributed by atoms with E-state index in [1.807, 2.05) is 19.1 Å². The van der Waals surface area contributed by atoms with Gasteiger partial charge in [0.1, 0.15) is 17.6 Å². The van der Waals surface area contributed by atoms with Gasteiger partial charge < -0.3 is 24.9 Å². The number of aliphatic hydroxyl groups excluding tert-OH is 1. The fourth-order valence-corrected chi connectivity index (χ4v) is 2.16. The van der Waals surface area contributed by atoms with Crippen molar-refractivity contribution < 1.29 is 19.1 Å². The highest BCUT2D eigenvalue weighted by atomic mass is 16.5. The molecule has 2 unspecified atom stereocenters. The van der Waals surface area contributed by atoms with Gasteiger partial charge in [-0.15, -0.1) is 0 Å². The van der Waals surface area contributed by atoms with Crippen molar-refractivity contribution in [2.75, 3.05) is 19.0 Å². The zero-order chi connectivity index (χ0) is 16.7. The Morgan fingerprint density at radius 2 is 2.17 bits per heavy atom. The van der Waals surface area contributed by atoms with Crippen LogP contribution in [0.5, 0.6) is 5.75 Å². The smallest absolute Gasteiger partial charge is 0.225 e. The summed E-state index contributed by atoms with van der Waals surface area (Å²) in [6, 6.07) is 10.6. The Morgan fingerprint density at radius 1 is 1.35 bits per heavy atom. The molecule has 1 aromatic heterocycles. The first kappa shape index (κ1) is 17.1. The summed E-state index contributed by atoms with van der Waals surface area (Å²) in [6.45, 7) is 2.21. The number of hydrogen-bond donors (Lipinski definition) is 3. The molecule has 0 aliphatic rings. The van der Waals surface area contributed by atoms with Crippen molar-refractivity contribution in [3.05, 3.63) is 48.4 Å². The van der Waals surface area contributed by atoms with Crippen LogP contribution in [-0.4, -0.2) is 30.7 Å². The molecule has 0 saturated carbocycles. The molecule has 0 saturated heterocycles. The number of furan rings is 1. The molecular formula is C17H22N2O4. The van der Waals surface area contributed by atoms with E-state index in [9.17, 15) is 9.90 Å². The van der Waals surface area contributed by atoms with Crippen LogP contribution in [-0.2, 0) is 4.79 Å². The van der Waals surface area contributed by atoms with Crippen LogP contribution >= 0.6 is 0 Å². The quantitative estimate of drug-likeness (QED) is 0.696. The predicted octanol–water partition coefficient (Wildman–Crippen LogP) is 2.33. The molecule has 2 atom stereocenters. The fraction of sp³-hybridized carbons (Fsp3) is 0.353. The van der Waals surface area contributed by atoms with Crippen molar-refractivity contribution in [3.8, 4) is 5.75 Å². The van der Waals surface area contributed by atoms with Crippen molar-refractivity contribution in [3.63, 3.8) is 0 Å². The summed E-state index contributed by atoms with van der Waals surface area (Å²) in [5.74, 6) is 1.09. The maximum atomic E-state index is 12.0. The van der Waals surface area contributed by atoms with Crippen LogP contribution < -0.4 is 15.4 Å². The molecule has 1 aromatic carbocycles. The van der Waals surface area contributed by atoms with E-state index < -0.39 is 6.10 Å². The van der Waals surface area contributed by atoms with Gasteiger partial charge in [-0.25, -0.2) is 0 Å². The number of anilines is 1. The van der Waals surface area contributed by atoms with Gasteiger partial charge in [-0.3, -0.25) is 4.79 Å². The van der Waals surface area contributed by atoms with Crippen LogP contribution in [0.15, 0.2) is 47.1 Å². The lowest BCUT2D eigenvalue weighted by Gasteiger charge is -2.16. The molecule has 23 heavy (non-hydrogen) atoms. The van der Waals surface area contributed by atoms with Crippen molar-refractivity contribution in [2.45, 2.75) is 25.5 Å². The second-order valence-electron chi connectivity index (χ2n) is 5.32. The molecule has 124 valence electrons. The van der Waals surface area contributed by atoms with E-state index in [2.05, 4.69) is 10.6 Å². The van der Waals surface area contributed by atoms with Gasteiger partial charge in [0.25, 0.3) is 0 Å². The summed E-state index contributed by atoms with van der Waals surface area (Å²) in [7, 11) is 1.58. The van der Waals surface area contributed by atoms with Crippen LogP contribution in [0, 0.1) is 0 Å². The molecule has 1 heterocycles. The Kier molecular flexibility index (Phi) is 6.19. The van der Waals surface area contributed by atoms with E-state index in [1.54, 1.807) is 31.4 Å². The minimum absolute atomic E-state index is 0.0785. The first-order chi connectivity index (χ1) is 11.1. The Labute approximate surface area is 135 Å². The number of benzene rings is 1. The van der Waals surface area contributed by atoms with Gasteiger partial charge in [-0.2, -0.15) is 0 Å². The molecule has 0 spiro atoms. The minimum Gasteiger partial charge on any atom is -0.497 e. The molecule has 1 amide bonds. The highest BCUT2D eigenvalue weighted by molar-refractivity contribution is 5.91. The fourth-order valence-electron chi connectivity index (χ4n) is 2.16. The van der Waals surface area contributed by atoms with Crippen molar-refractivity contribution in [1.82, 2.24) is 5.32 Å². The summed E-state index contributed by atoms with van der Waals surface area (Å²) >= 11 is 0. The van der Waals surface area contributed by atoms with Crippen LogP contribution in [0.2, 0.25) is 0 Å². The Morgan fingerprint density at radius 3 is 2.87 bits per heavy atom. The number of ether oxygens (including phenoxy) is 1. The summed E-state index contributed by atoms with van der Waals surface area (Å²) in [5, 5.41) is 15.9. The largest absolute Gasteiger partial charge is 0.497 e. The number of carbonyl (C=O) groups excluding carboxylic acids is 1. The molecule has 2 aromatic rings. The topological polar surface area (TPSA) is 83.7 Å². The Hall–Kier alpha value is -2.31.